The van der Waals surface area contributed by atoms with Crippen LogP contribution in [0.15, 0.2) is 54.6 Å². The van der Waals surface area contributed by atoms with Gasteiger partial charge in [0.2, 0.25) is 5.91 Å². The van der Waals surface area contributed by atoms with Crippen molar-refractivity contribution in [1.82, 2.24) is 10.2 Å². The first-order valence-corrected chi connectivity index (χ1v) is 18.8. The van der Waals surface area contributed by atoms with Gasteiger partial charge in [-0.3, -0.25) is 4.79 Å². The number of carbonyl (C=O) groups is 2. The molecule has 0 unspecified atom stereocenters. The fourth-order valence-electron chi connectivity index (χ4n) is 13.1. The molecule has 4 saturated carbocycles. The molecule has 6 rings (SSSR count). The van der Waals surface area contributed by atoms with Gasteiger partial charge in [0, 0.05) is 13.1 Å². The SMILES string of the molecule is C=C(C)[C@@H]1CC[C@]2(/C=C/C(=O)NCCN(C)C)CC[C@]3(C)[C@H](CC[C@@H]4[C@@]5(C)CC=C(c6ccc(C(=O)O)cc6)C(C)(C)[C@@H]5CC[C@]43C)[C@@H]12. The Hall–Kier alpha value is -2.66. The van der Waals surface area contributed by atoms with Crippen molar-refractivity contribution >= 4 is 17.4 Å². The Morgan fingerprint density at radius 3 is 2.29 bits per heavy atom. The number of carbonyl (C=O) groups excluding carboxylic acids is 1. The van der Waals surface area contributed by atoms with E-state index in [2.05, 4.69) is 70.5 Å². The molecule has 262 valence electrons. The van der Waals surface area contributed by atoms with E-state index in [1.54, 1.807) is 12.1 Å². The molecule has 1 amide bonds. The summed E-state index contributed by atoms with van der Waals surface area (Å²) in [4.78, 5) is 26.6. The molecule has 48 heavy (non-hydrogen) atoms. The molecule has 5 nitrogen and oxygen atoms in total. The Morgan fingerprint density at radius 2 is 1.65 bits per heavy atom. The third-order valence-corrected chi connectivity index (χ3v) is 15.6. The highest BCUT2D eigenvalue weighted by Crippen LogP contribution is 2.77. The lowest BCUT2D eigenvalue weighted by molar-refractivity contribution is -0.221. The summed E-state index contributed by atoms with van der Waals surface area (Å²) in [7, 11) is 4.08. The van der Waals surface area contributed by atoms with Gasteiger partial charge in [0.1, 0.15) is 0 Å². The second-order valence-corrected chi connectivity index (χ2v) is 18.3. The Balaban J connectivity index is 1.30. The molecule has 0 heterocycles. The van der Waals surface area contributed by atoms with E-state index in [1.165, 1.54) is 68.1 Å². The summed E-state index contributed by atoms with van der Waals surface area (Å²) in [6.45, 7) is 21.2. The van der Waals surface area contributed by atoms with Crippen molar-refractivity contribution in [3.05, 3.63) is 65.8 Å². The van der Waals surface area contributed by atoms with Gasteiger partial charge >= 0.3 is 5.97 Å². The van der Waals surface area contributed by atoms with E-state index >= 15 is 0 Å². The predicted molar refractivity (Wildman–Crippen MR) is 196 cm³/mol. The first kappa shape index (κ1) is 35.2. The molecule has 0 aliphatic heterocycles. The second kappa shape index (κ2) is 12.3. The molecular formula is C43H62N2O3. The highest BCUT2D eigenvalue weighted by Gasteiger charge is 2.70. The van der Waals surface area contributed by atoms with Gasteiger partial charge in [0.15, 0.2) is 0 Å². The molecule has 1 aromatic rings. The molecule has 2 N–H and O–H groups in total. The van der Waals surface area contributed by atoms with Crippen molar-refractivity contribution in [2.75, 3.05) is 27.2 Å². The first-order valence-electron chi connectivity index (χ1n) is 18.8. The zero-order valence-electron chi connectivity index (χ0n) is 31.1. The fraction of sp³-hybridized carbons (Fsp3) is 0.674. The largest absolute Gasteiger partial charge is 0.478 e. The van der Waals surface area contributed by atoms with Gasteiger partial charge in [-0.2, -0.15) is 0 Å². The highest BCUT2D eigenvalue weighted by molar-refractivity contribution is 5.88. The minimum Gasteiger partial charge on any atom is -0.478 e. The second-order valence-electron chi connectivity index (χ2n) is 18.3. The van der Waals surface area contributed by atoms with E-state index in [4.69, 9.17) is 0 Å². The van der Waals surface area contributed by atoms with Crippen LogP contribution in [0, 0.1) is 56.7 Å². The normalized spacial score (nSPS) is 39.9. The van der Waals surface area contributed by atoms with Crippen LogP contribution in [0.1, 0.15) is 115 Å². The molecule has 9 atom stereocenters. The fourth-order valence-corrected chi connectivity index (χ4v) is 13.1. The maximum Gasteiger partial charge on any atom is 0.335 e. The van der Waals surface area contributed by atoms with Gasteiger partial charge in [-0.15, -0.1) is 0 Å². The number of nitrogens with one attached hydrogen (secondary N) is 1. The Bertz CT molecular complexity index is 1500. The summed E-state index contributed by atoms with van der Waals surface area (Å²) in [5, 5.41) is 12.6. The molecule has 0 saturated heterocycles. The molecule has 5 aliphatic carbocycles. The zero-order valence-corrected chi connectivity index (χ0v) is 31.1. The number of fused-ring (bicyclic) bond motifs is 7. The number of amides is 1. The summed E-state index contributed by atoms with van der Waals surface area (Å²) in [6, 6.07) is 7.57. The lowest BCUT2D eigenvalue weighted by Gasteiger charge is -2.72. The van der Waals surface area contributed by atoms with Gasteiger partial charge < -0.3 is 15.3 Å². The maximum atomic E-state index is 13.0. The number of rotatable bonds is 8. The van der Waals surface area contributed by atoms with Crippen molar-refractivity contribution in [3.63, 3.8) is 0 Å². The number of allylic oxidation sites excluding steroid dienone is 4. The van der Waals surface area contributed by atoms with Crippen LogP contribution < -0.4 is 5.32 Å². The quantitative estimate of drug-likeness (QED) is 0.217. The van der Waals surface area contributed by atoms with Crippen LogP contribution in [0.2, 0.25) is 0 Å². The molecule has 5 heteroatoms. The number of hydrogen-bond acceptors (Lipinski definition) is 3. The van der Waals surface area contributed by atoms with Crippen molar-refractivity contribution in [3.8, 4) is 0 Å². The van der Waals surface area contributed by atoms with E-state index in [9.17, 15) is 14.7 Å². The first-order chi connectivity index (χ1) is 22.5. The molecule has 4 fully saturated rings. The minimum absolute atomic E-state index is 0.00690. The Labute approximate surface area is 290 Å². The number of carboxylic acids is 1. The van der Waals surface area contributed by atoms with Gasteiger partial charge in [-0.1, -0.05) is 71.1 Å². The number of likely N-dealkylation sites (N-methyl/N-ethyl adjacent to an activating group) is 1. The van der Waals surface area contributed by atoms with E-state index in [1.807, 2.05) is 32.3 Å². The van der Waals surface area contributed by atoms with Crippen molar-refractivity contribution < 1.29 is 14.7 Å². The minimum atomic E-state index is -0.870. The topological polar surface area (TPSA) is 69.6 Å². The maximum absolute atomic E-state index is 13.0. The summed E-state index contributed by atoms with van der Waals surface area (Å²) >= 11 is 0. The molecule has 0 aromatic heterocycles. The summed E-state index contributed by atoms with van der Waals surface area (Å²) in [5.74, 6) is 2.12. The van der Waals surface area contributed by atoms with Crippen molar-refractivity contribution in [2.45, 2.75) is 99.3 Å². The van der Waals surface area contributed by atoms with Crippen LogP contribution in [-0.4, -0.2) is 49.1 Å². The van der Waals surface area contributed by atoms with Crippen LogP contribution in [0.5, 0.6) is 0 Å². The molecular weight excluding hydrogens is 592 g/mol. The van der Waals surface area contributed by atoms with Crippen LogP contribution in [-0.2, 0) is 4.79 Å². The monoisotopic (exact) mass is 654 g/mol. The van der Waals surface area contributed by atoms with E-state index in [-0.39, 0.29) is 33.0 Å². The molecule has 0 radical (unpaired) electrons. The van der Waals surface area contributed by atoms with E-state index in [0.717, 1.165) is 13.0 Å². The van der Waals surface area contributed by atoms with E-state index in [0.29, 0.717) is 41.7 Å². The smallest absolute Gasteiger partial charge is 0.335 e. The standard InChI is InChI=1S/C43H62N2O3/c1-28(2)31-16-22-43(23-19-36(46)44-26-27-45(8)9)25-24-41(6)33(37(31)43)14-15-35-40(5)20-17-32(29-10-12-30(13-11-29)38(47)48)39(3,4)34(40)18-21-42(35,41)7/h10-13,17,19,23,31,33-35,37H,1,14-16,18,20-22,24-27H2,2-9H3,(H,44,46)(H,47,48)/b23-19+/t31-,33+,34-,35+,37+,40-,41+,42+,43-/m0/s1. The number of nitrogens with zero attached hydrogens (tertiary/aromatic N) is 1. The van der Waals surface area contributed by atoms with E-state index < -0.39 is 5.97 Å². The summed E-state index contributed by atoms with van der Waals surface area (Å²) < 4.78 is 0. The van der Waals surface area contributed by atoms with Gasteiger partial charge in [0.05, 0.1) is 5.56 Å². The van der Waals surface area contributed by atoms with Crippen LogP contribution in [0.4, 0.5) is 0 Å². The number of hydrogen-bond donors (Lipinski definition) is 2. The lowest BCUT2D eigenvalue weighted by atomic mass is 9.32. The summed E-state index contributed by atoms with van der Waals surface area (Å²) in [5.41, 5.74) is 5.06. The molecule has 5 aliphatic rings. The Kier molecular flexibility index (Phi) is 9.00. The van der Waals surface area contributed by atoms with Crippen LogP contribution >= 0.6 is 0 Å². The molecule has 1 aromatic carbocycles. The molecule has 0 bridgehead atoms. The predicted octanol–water partition coefficient (Wildman–Crippen LogP) is 9.27. The van der Waals surface area contributed by atoms with Crippen molar-refractivity contribution in [1.29, 1.82) is 0 Å². The third-order valence-electron chi connectivity index (χ3n) is 15.6. The van der Waals surface area contributed by atoms with Crippen molar-refractivity contribution in [2.24, 2.45) is 56.7 Å². The summed E-state index contributed by atoms with van der Waals surface area (Å²) in [6.07, 6.45) is 17.7. The Morgan fingerprint density at radius 1 is 0.938 bits per heavy atom. The lowest BCUT2D eigenvalue weighted by Crippen LogP contribution is -2.65. The van der Waals surface area contributed by atoms with Crippen LogP contribution in [0.3, 0.4) is 0 Å². The number of aromatic carboxylic acids is 1. The average molecular weight is 655 g/mol. The average Bonchev–Trinajstić information content (AvgIpc) is 3.40. The molecule has 0 spiro atoms. The number of benzene rings is 1. The van der Waals surface area contributed by atoms with Gasteiger partial charge in [-0.05, 0) is 165 Å². The van der Waals surface area contributed by atoms with Gasteiger partial charge in [-0.25, -0.2) is 4.79 Å². The number of carboxylic acid groups (broad SMARTS) is 1. The van der Waals surface area contributed by atoms with Gasteiger partial charge in [0.25, 0.3) is 0 Å². The van der Waals surface area contributed by atoms with Crippen LogP contribution in [0.25, 0.3) is 5.57 Å². The third kappa shape index (κ3) is 5.37. The highest BCUT2D eigenvalue weighted by atomic mass is 16.4. The zero-order chi connectivity index (χ0) is 34.9.